The summed E-state index contributed by atoms with van der Waals surface area (Å²) < 4.78 is 79.1. The van der Waals surface area contributed by atoms with Crippen LogP contribution in [-0.4, -0.2) is 42.1 Å². The fourth-order valence-corrected chi connectivity index (χ4v) is 3.89. The number of aromatic nitrogens is 5. The molecule has 210 valence electrons. The largest absolute Gasteiger partial charge is 0.493 e. The van der Waals surface area contributed by atoms with E-state index in [1.165, 1.54) is 24.3 Å². The zero-order valence-corrected chi connectivity index (χ0v) is 23.3. The Morgan fingerprint density at radius 1 is 0.537 bits per heavy atom. The van der Waals surface area contributed by atoms with Gasteiger partial charge in [0.05, 0.1) is 17.0 Å². The summed E-state index contributed by atoms with van der Waals surface area (Å²) in [7, 11) is -1.96. The lowest BCUT2D eigenvalue weighted by molar-refractivity contribution is 0.420. The van der Waals surface area contributed by atoms with Crippen LogP contribution >= 0.6 is 31.9 Å². The van der Waals surface area contributed by atoms with E-state index in [9.17, 15) is 26.3 Å². The molecule has 0 atom stereocenters. The van der Waals surface area contributed by atoms with Crippen molar-refractivity contribution < 1.29 is 36.4 Å². The number of nitrogens with zero attached hydrogens (tertiary/aromatic N) is 5. The highest BCUT2D eigenvalue weighted by molar-refractivity contribution is 9.11. The van der Waals surface area contributed by atoms with Crippen molar-refractivity contribution in [1.82, 2.24) is 24.9 Å². The fraction of sp³-hybridized carbons (Fsp3) is 0. The lowest BCUT2D eigenvalue weighted by Crippen LogP contribution is -2.33. The average molecular weight is 701 g/mol. The molecule has 0 aliphatic rings. The Bertz CT molecular complexity index is 1620. The van der Waals surface area contributed by atoms with Gasteiger partial charge in [-0.3, -0.25) is 0 Å². The van der Waals surface area contributed by atoms with Gasteiger partial charge in [0.2, 0.25) is 35.7 Å². The minimum Gasteiger partial charge on any atom is -0.423 e. The number of halogens is 8. The second-order valence-electron chi connectivity index (χ2n) is 7.55. The molecule has 41 heavy (non-hydrogen) atoms. The van der Waals surface area contributed by atoms with Crippen LogP contribution in [0.2, 0.25) is 0 Å². The van der Waals surface area contributed by atoms with Crippen molar-refractivity contribution in [1.29, 1.82) is 0 Å². The normalized spacial score (nSPS) is 10.2. The molecule has 7 nitrogen and oxygen atoms in total. The highest BCUT2D eigenvalue weighted by Crippen LogP contribution is 2.24. The molecule has 0 saturated carbocycles. The van der Waals surface area contributed by atoms with E-state index in [-0.39, 0.29) is 22.5 Å². The van der Waals surface area contributed by atoms with Crippen LogP contribution < -0.4 is 5.46 Å². The molecule has 0 saturated heterocycles. The minimum atomic E-state index is -1.96. The summed E-state index contributed by atoms with van der Waals surface area (Å²) in [6.45, 7) is 0. The Morgan fingerprint density at radius 3 is 1.59 bits per heavy atom. The molecule has 2 N–H and O–H groups in total. The van der Waals surface area contributed by atoms with Crippen LogP contribution in [0.1, 0.15) is 0 Å². The second kappa shape index (κ2) is 14.8. The van der Waals surface area contributed by atoms with Gasteiger partial charge in [-0.15, -0.1) is 0 Å². The van der Waals surface area contributed by atoms with Crippen LogP contribution in [-0.2, 0) is 0 Å². The van der Waals surface area contributed by atoms with E-state index in [0.717, 1.165) is 39.5 Å². The Kier molecular flexibility index (Phi) is 11.5. The fourth-order valence-electron chi connectivity index (χ4n) is 2.96. The molecule has 0 aliphatic carbocycles. The van der Waals surface area contributed by atoms with Crippen LogP contribution in [0.25, 0.3) is 22.5 Å². The van der Waals surface area contributed by atoms with E-state index in [0.29, 0.717) is 0 Å². The monoisotopic (exact) mass is 699 g/mol. The SMILES string of the molecule is Brc1cccc(Br)n1.Fc1cc(-c2cccc(-c3ccc(F)nc3F)n2)cc(F)n1.OB(O)c1ccc(F)nc1F. The first kappa shape index (κ1) is 31.8. The van der Waals surface area contributed by atoms with Gasteiger partial charge >= 0.3 is 7.12 Å². The van der Waals surface area contributed by atoms with Crippen molar-refractivity contribution in [3.05, 3.63) is 118 Å². The Hall–Kier alpha value is -3.73. The van der Waals surface area contributed by atoms with E-state index < -0.39 is 48.3 Å². The van der Waals surface area contributed by atoms with Gasteiger partial charge in [-0.1, -0.05) is 18.2 Å². The molecule has 5 aromatic rings. The molecule has 0 fully saturated rings. The number of rotatable bonds is 3. The summed E-state index contributed by atoms with van der Waals surface area (Å²) in [6.07, 6.45) is 0. The van der Waals surface area contributed by atoms with Gasteiger partial charge in [-0.25, -0.2) is 9.97 Å². The van der Waals surface area contributed by atoms with Gasteiger partial charge in [-0.2, -0.15) is 41.3 Å². The third-order valence-corrected chi connectivity index (χ3v) is 5.58. The maximum Gasteiger partial charge on any atom is 0.493 e. The lowest BCUT2D eigenvalue weighted by Gasteiger charge is -2.06. The quantitative estimate of drug-likeness (QED) is 0.147. The number of hydrogen-bond donors (Lipinski definition) is 2. The molecule has 0 unspecified atom stereocenters. The maximum absolute atomic E-state index is 13.7. The van der Waals surface area contributed by atoms with Gasteiger partial charge < -0.3 is 10.0 Å². The average Bonchev–Trinajstić information content (AvgIpc) is 2.88. The van der Waals surface area contributed by atoms with Crippen molar-refractivity contribution in [2.24, 2.45) is 0 Å². The van der Waals surface area contributed by atoms with Gasteiger partial charge in [0.25, 0.3) is 0 Å². The third kappa shape index (κ3) is 9.70. The summed E-state index contributed by atoms with van der Waals surface area (Å²) in [6, 6.07) is 16.2. The number of pyridine rings is 5. The third-order valence-electron chi connectivity index (χ3n) is 4.70. The molecule has 16 heteroatoms. The first-order chi connectivity index (χ1) is 19.4. The molecule has 0 bridgehead atoms. The number of hydrogen-bond acceptors (Lipinski definition) is 7. The van der Waals surface area contributed by atoms with E-state index in [1.807, 2.05) is 18.2 Å². The van der Waals surface area contributed by atoms with Crippen LogP contribution in [0.4, 0.5) is 26.3 Å². The van der Waals surface area contributed by atoms with E-state index in [2.05, 4.69) is 56.8 Å². The van der Waals surface area contributed by atoms with Crippen molar-refractivity contribution in [2.75, 3.05) is 0 Å². The molecule has 5 aromatic heterocycles. The second-order valence-corrected chi connectivity index (χ2v) is 9.18. The topological polar surface area (TPSA) is 105 Å². The summed E-state index contributed by atoms with van der Waals surface area (Å²) in [5, 5.41) is 16.9. The van der Waals surface area contributed by atoms with Gasteiger partial charge in [0.1, 0.15) is 9.21 Å². The summed E-state index contributed by atoms with van der Waals surface area (Å²) >= 11 is 6.44. The van der Waals surface area contributed by atoms with Crippen LogP contribution in [0, 0.1) is 35.7 Å². The lowest BCUT2D eigenvalue weighted by atomic mass is 9.81. The van der Waals surface area contributed by atoms with Crippen molar-refractivity contribution >= 4 is 44.4 Å². The highest BCUT2D eigenvalue weighted by Gasteiger charge is 2.17. The standard InChI is InChI=1S/C15H7F4N3.C5H4BF2NO2.C5H3Br2N/c16-12-5-4-9(15(19)22-12)11-3-1-2-10(20-11)8-6-13(17)21-14(18)7-8;7-4-2-1-3(6(10)11)5(8)9-4;6-4-2-1-3-5(7)8-4/h1-7H;1-2,10-11H;1-3H. The van der Waals surface area contributed by atoms with Gasteiger partial charge in [0.15, 0.2) is 0 Å². The van der Waals surface area contributed by atoms with Gasteiger partial charge in [-0.05, 0) is 74.3 Å². The van der Waals surface area contributed by atoms with E-state index in [1.54, 1.807) is 0 Å². The molecule has 5 heterocycles. The van der Waals surface area contributed by atoms with Crippen molar-refractivity contribution in [3.8, 4) is 22.5 Å². The summed E-state index contributed by atoms with van der Waals surface area (Å²) in [5.41, 5.74) is 0.0912. The highest BCUT2D eigenvalue weighted by atomic mass is 79.9. The Balaban J connectivity index is 0.000000201. The van der Waals surface area contributed by atoms with E-state index >= 15 is 0 Å². The Morgan fingerprint density at radius 2 is 1.07 bits per heavy atom. The first-order valence-electron chi connectivity index (χ1n) is 11.0. The minimum absolute atomic E-state index is 0.0155. The smallest absolute Gasteiger partial charge is 0.423 e. The van der Waals surface area contributed by atoms with Gasteiger partial charge in [0, 0.05) is 23.2 Å². The summed E-state index contributed by atoms with van der Waals surface area (Å²) in [5.74, 6) is -6.15. The molecule has 0 radical (unpaired) electrons. The predicted octanol–water partition coefficient (Wildman–Crippen LogP) is 5.41. The first-order valence-corrected chi connectivity index (χ1v) is 12.6. The molecule has 5 rings (SSSR count). The molecular weight excluding hydrogens is 687 g/mol. The summed E-state index contributed by atoms with van der Waals surface area (Å²) in [4.78, 5) is 16.9. The molecule has 0 spiro atoms. The van der Waals surface area contributed by atoms with Crippen LogP contribution in [0.3, 0.4) is 0 Å². The van der Waals surface area contributed by atoms with Crippen LogP contribution in [0.5, 0.6) is 0 Å². The molecule has 0 aliphatic heterocycles. The maximum atomic E-state index is 13.7. The Labute approximate surface area is 245 Å². The predicted molar refractivity (Wildman–Crippen MR) is 144 cm³/mol. The molecule has 0 aromatic carbocycles. The van der Waals surface area contributed by atoms with Crippen molar-refractivity contribution in [3.63, 3.8) is 0 Å². The van der Waals surface area contributed by atoms with Crippen molar-refractivity contribution in [2.45, 2.75) is 0 Å². The van der Waals surface area contributed by atoms with E-state index in [4.69, 9.17) is 10.0 Å². The zero-order valence-electron chi connectivity index (χ0n) is 20.2. The molecule has 0 amide bonds. The van der Waals surface area contributed by atoms with Crippen LogP contribution in [0.15, 0.2) is 82.0 Å². The zero-order chi connectivity index (χ0) is 30.1. The molecular formula is C25H14BBr2F6N5O2.